The standard InChI is InChI=1S/C17H11F2N3OS/c18-12-5-1-10(2-6-12)14-9-15(23)22-17(24-14)20-16(21-22)11-3-7-13(19)8-4-11/h1-8,14H,9H2/t14-/m0/s1. The Balaban J connectivity index is 1.66. The van der Waals surface area contributed by atoms with Crippen LogP contribution in [0, 0.1) is 11.6 Å². The molecule has 0 saturated heterocycles. The van der Waals surface area contributed by atoms with Gasteiger partial charge >= 0.3 is 0 Å². The van der Waals surface area contributed by atoms with Gasteiger partial charge in [-0.2, -0.15) is 4.68 Å². The second-order valence-corrected chi connectivity index (χ2v) is 6.56. The summed E-state index contributed by atoms with van der Waals surface area (Å²) < 4.78 is 27.4. The van der Waals surface area contributed by atoms with Crippen LogP contribution in [0.15, 0.2) is 53.7 Å². The van der Waals surface area contributed by atoms with Crippen molar-refractivity contribution in [1.82, 2.24) is 14.8 Å². The van der Waals surface area contributed by atoms with Crippen LogP contribution < -0.4 is 0 Å². The Labute approximate surface area is 140 Å². The lowest BCUT2D eigenvalue weighted by Crippen LogP contribution is -2.20. The molecule has 0 spiro atoms. The van der Waals surface area contributed by atoms with Crippen LogP contribution in [0.1, 0.15) is 22.0 Å². The van der Waals surface area contributed by atoms with Crippen LogP contribution in [0.4, 0.5) is 8.78 Å². The molecule has 4 nitrogen and oxygen atoms in total. The third-order valence-corrected chi connectivity index (χ3v) is 4.96. The maximum Gasteiger partial charge on any atom is 0.250 e. The molecule has 0 bridgehead atoms. The van der Waals surface area contributed by atoms with Crippen LogP contribution in [0.2, 0.25) is 0 Å². The third kappa shape index (κ3) is 2.71. The highest BCUT2D eigenvalue weighted by Crippen LogP contribution is 2.41. The molecular formula is C17H11F2N3OS. The van der Waals surface area contributed by atoms with Gasteiger partial charge in [-0.25, -0.2) is 13.8 Å². The van der Waals surface area contributed by atoms with Crippen molar-refractivity contribution in [3.05, 3.63) is 65.7 Å². The molecule has 4 rings (SSSR count). The van der Waals surface area contributed by atoms with E-state index in [0.29, 0.717) is 16.5 Å². The van der Waals surface area contributed by atoms with E-state index in [1.54, 1.807) is 24.3 Å². The van der Waals surface area contributed by atoms with Gasteiger partial charge in [0.1, 0.15) is 11.6 Å². The van der Waals surface area contributed by atoms with Crippen molar-refractivity contribution >= 4 is 17.7 Å². The van der Waals surface area contributed by atoms with E-state index >= 15 is 0 Å². The molecule has 0 fully saturated rings. The third-order valence-electron chi connectivity index (χ3n) is 3.77. The summed E-state index contributed by atoms with van der Waals surface area (Å²) in [6, 6.07) is 11.9. The number of hydrogen-bond donors (Lipinski definition) is 0. The minimum absolute atomic E-state index is 0.129. The number of fused-ring (bicyclic) bond motifs is 1. The van der Waals surface area contributed by atoms with Gasteiger partial charge < -0.3 is 0 Å². The highest BCUT2D eigenvalue weighted by Gasteiger charge is 2.30. The Morgan fingerprint density at radius 1 is 1.00 bits per heavy atom. The van der Waals surface area contributed by atoms with E-state index in [-0.39, 0.29) is 29.2 Å². The van der Waals surface area contributed by atoms with E-state index in [2.05, 4.69) is 10.1 Å². The van der Waals surface area contributed by atoms with Crippen molar-refractivity contribution in [2.24, 2.45) is 0 Å². The Morgan fingerprint density at radius 3 is 2.29 bits per heavy atom. The number of nitrogens with zero attached hydrogens (tertiary/aromatic N) is 3. The fraction of sp³-hybridized carbons (Fsp3) is 0.118. The average molecular weight is 343 g/mol. The molecule has 0 radical (unpaired) electrons. The number of aromatic nitrogens is 3. The van der Waals surface area contributed by atoms with Gasteiger partial charge in [0.15, 0.2) is 11.0 Å². The first-order valence-electron chi connectivity index (χ1n) is 7.28. The SMILES string of the molecule is O=C1C[C@@H](c2ccc(F)cc2)Sc2nc(-c3ccc(F)cc3)nn21. The van der Waals surface area contributed by atoms with Gasteiger partial charge in [0.25, 0.3) is 5.91 Å². The van der Waals surface area contributed by atoms with Crippen LogP contribution in [-0.2, 0) is 0 Å². The van der Waals surface area contributed by atoms with Crippen molar-refractivity contribution in [2.75, 3.05) is 0 Å². The monoisotopic (exact) mass is 343 g/mol. The summed E-state index contributed by atoms with van der Waals surface area (Å²) in [6.45, 7) is 0. The number of hydrogen-bond acceptors (Lipinski definition) is 4. The van der Waals surface area contributed by atoms with Gasteiger partial charge in [0.2, 0.25) is 0 Å². The summed E-state index contributed by atoms with van der Waals surface area (Å²) >= 11 is 1.41. The van der Waals surface area contributed by atoms with Crippen LogP contribution in [0.25, 0.3) is 11.4 Å². The van der Waals surface area contributed by atoms with E-state index in [4.69, 9.17) is 0 Å². The van der Waals surface area contributed by atoms with Crippen molar-refractivity contribution in [1.29, 1.82) is 0 Å². The summed E-state index contributed by atoms with van der Waals surface area (Å²) in [6.07, 6.45) is 0.259. The molecule has 3 aromatic rings. The molecule has 120 valence electrons. The molecule has 1 atom stereocenters. The van der Waals surface area contributed by atoms with E-state index < -0.39 is 0 Å². The molecule has 0 N–H and O–H groups in total. The highest BCUT2D eigenvalue weighted by molar-refractivity contribution is 7.99. The summed E-state index contributed by atoms with van der Waals surface area (Å²) in [5, 5.41) is 4.58. The van der Waals surface area contributed by atoms with E-state index in [1.807, 2.05) is 0 Å². The molecule has 2 heterocycles. The van der Waals surface area contributed by atoms with Crippen molar-refractivity contribution in [2.45, 2.75) is 16.8 Å². The molecule has 1 aromatic heterocycles. The van der Waals surface area contributed by atoms with E-state index in [1.165, 1.54) is 40.7 Å². The molecule has 0 aliphatic carbocycles. The predicted octanol–water partition coefficient (Wildman–Crippen LogP) is 4.10. The first kappa shape index (κ1) is 15.0. The first-order valence-corrected chi connectivity index (χ1v) is 8.16. The number of rotatable bonds is 2. The zero-order valence-corrected chi connectivity index (χ0v) is 13.1. The van der Waals surface area contributed by atoms with Crippen LogP contribution >= 0.6 is 11.8 Å². The Bertz CT molecular complexity index is 907. The molecule has 0 amide bonds. The van der Waals surface area contributed by atoms with Crippen molar-refractivity contribution in [3.8, 4) is 11.4 Å². The summed E-state index contributed by atoms with van der Waals surface area (Å²) in [5.74, 6) is -0.443. The van der Waals surface area contributed by atoms with Gasteiger partial charge in [-0.15, -0.1) is 5.10 Å². The minimum Gasteiger partial charge on any atom is -0.272 e. The molecule has 7 heteroatoms. The van der Waals surface area contributed by atoms with Gasteiger partial charge in [0.05, 0.1) is 0 Å². The zero-order chi connectivity index (χ0) is 16.7. The Morgan fingerprint density at radius 2 is 1.62 bits per heavy atom. The lowest BCUT2D eigenvalue weighted by atomic mass is 10.1. The van der Waals surface area contributed by atoms with E-state index in [0.717, 1.165) is 5.56 Å². The lowest BCUT2D eigenvalue weighted by molar-refractivity contribution is 0.0868. The zero-order valence-electron chi connectivity index (χ0n) is 12.3. The molecule has 2 aromatic carbocycles. The van der Waals surface area contributed by atoms with Crippen LogP contribution in [-0.4, -0.2) is 20.7 Å². The predicted molar refractivity (Wildman–Crippen MR) is 85.7 cm³/mol. The summed E-state index contributed by atoms with van der Waals surface area (Å²) in [7, 11) is 0. The number of benzene rings is 2. The van der Waals surface area contributed by atoms with Gasteiger partial charge in [0, 0.05) is 17.2 Å². The molecule has 1 aliphatic rings. The van der Waals surface area contributed by atoms with E-state index in [9.17, 15) is 13.6 Å². The summed E-state index contributed by atoms with van der Waals surface area (Å²) in [4.78, 5) is 16.7. The average Bonchev–Trinajstić information content (AvgIpc) is 3.01. The smallest absolute Gasteiger partial charge is 0.250 e. The lowest BCUT2D eigenvalue weighted by Gasteiger charge is -2.20. The van der Waals surface area contributed by atoms with Gasteiger partial charge in [-0.05, 0) is 42.0 Å². The van der Waals surface area contributed by atoms with Crippen LogP contribution in [0.5, 0.6) is 0 Å². The second-order valence-electron chi connectivity index (χ2n) is 5.39. The maximum atomic E-state index is 13.1. The highest BCUT2D eigenvalue weighted by atomic mass is 32.2. The quantitative estimate of drug-likeness (QED) is 0.703. The van der Waals surface area contributed by atoms with Gasteiger partial charge in [-0.3, -0.25) is 4.79 Å². The maximum absolute atomic E-state index is 13.1. The Kier molecular flexibility index (Phi) is 3.65. The molecular weight excluding hydrogens is 332 g/mol. The molecule has 0 unspecified atom stereocenters. The topological polar surface area (TPSA) is 47.8 Å². The van der Waals surface area contributed by atoms with Crippen LogP contribution in [0.3, 0.4) is 0 Å². The minimum atomic E-state index is -0.343. The number of carbonyl (C=O) groups excluding carboxylic acids is 1. The summed E-state index contributed by atoms with van der Waals surface area (Å²) in [5.41, 5.74) is 1.51. The van der Waals surface area contributed by atoms with Crippen molar-refractivity contribution in [3.63, 3.8) is 0 Å². The number of carbonyl (C=O) groups is 1. The first-order chi connectivity index (χ1) is 11.6. The second kappa shape index (κ2) is 5.83. The number of halogens is 2. The Hall–Kier alpha value is -2.54. The molecule has 1 aliphatic heterocycles. The fourth-order valence-corrected chi connectivity index (χ4v) is 3.69. The fourth-order valence-electron chi connectivity index (χ4n) is 2.54. The molecule has 24 heavy (non-hydrogen) atoms. The van der Waals surface area contributed by atoms with Gasteiger partial charge in [-0.1, -0.05) is 23.9 Å². The van der Waals surface area contributed by atoms with Crippen molar-refractivity contribution < 1.29 is 13.6 Å². The normalized spacial score (nSPS) is 16.9. The number of thioether (sulfide) groups is 1. The molecule has 0 saturated carbocycles. The largest absolute Gasteiger partial charge is 0.272 e.